The van der Waals surface area contributed by atoms with Gasteiger partial charge in [0.05, 0.1) is 18.6 Å². The molecule has 1 atom stereocenters. The van der Waals surface area contributed by atoms with Crippen LogP contribution in [0.25, 0.3) is 0 Å². The number of carbonyl (C=O) groups is 2. The van der Waals surface area contributed by atoms with Crippen LogP contribution < -0.4 is 15.2 Å². The van der Waals surface area contributed by atoms with Crippen LogP contribution in [0.15, 0.2) is 24.3 Å². The van der Waals surface area contributed by atoms with Crippen molar-refractivity contribution in [2.24, 2.45) is 0 Å². The minimum atomic E-state index is -1.37. The normalized spacial score (nSPS) is 12.4. The number of alkyl carbamates (subject to hydrolysis) is 1. The average molecular weight is 308 g/mol. The molecule has 6 nitrogen and oxygen atoms in total. The highest BCUT2D eigenvalue weighted by molar-refractivity contribution is 5.79. The number of aliphatic carboxylic acids is 1. The molecule has 22 heavy (non-hydrogen) atoms. The van der Waals surface area contributed by atoms with Gasteiger partial charge in [-0.1, -0.05) is 12.1 Å². The smallest absolute Gasteiger partial charge is 0.408 e. The molecule has 0 spiro atoms. The maximum atomic E-state index is 11.7. The van der Waals surface area contributed by atoms with E-state index in [9.17, 15) is 14.7 Å². The third-order valence-electron chi connectivity index (χ3n) is 2.62. The number of nitrogens with one attached hydrogen (secondary N) is 1. The van der Waals surface area contributed by atoms with Gasteiger partial charge in [0.2, 0.25) is 0 Å². The Kier molecular flexibility index (Phi) is 6.22. The zero-order valence-electron chi connectivity index (χ0n) is 13.3. The Hall–Kier alpha value is -2.24. The van der Waals surface area contributed by atoms with E-state index < -0.39 is 23.7 Å². The molecule has 0 fully saturated rings. The van der Waals surface area contributed by atoms with Crippen molar-refractivity contribution in [3.63, 3.8) is 0 Å². The quantitative estimate of drug-likeness (QED) is 0.855. The van der Waals surface area contributed by atoms with E-state index >= 15 is 0 Å². The van der Waals surface area contributed by atoms with Crippen molar-refractivity contribution >= 4 is 12.1 Å². The zero-order chi connectivity index (χ0) is 16.8. The molecule has 1 unspecified atom stereocenters. The molecule has 0 saturated heterocycles. The molecular formula is C16H22NO5-. The molecule has 0 heterocycles. The summed E-state index contributed by atoms with van der Waals surface area (Å²) in [5.41, 5.74) is 0.0198. The van der Waals surface area contributed by atoms with E-state index in [-0.39, 0.29) is 6.42 Å². The Labute approximate surface area is 130 Å². The summed E-state index contributed by atoms with van der Waals surface area (Å²) in [5.74, 6) is -0.720. The fraction of sp³-hybridized carbons (Fsp3) is 0.500. The van der Waals surface area contributed by atoms with Gasteiger partial charge in [0.1, 0.15) is 11.4 Å². The first-order valence-corrected chi connectivity index (χ1v) is 7.13. The lowest BCUT2D eigenvalue weighted by Crippen LogP contribution is -2.50. The largest absolute Gasteiger partial charge is 0.548 e. The molecule has 1 aromatic rings. The van der Waals surface area contributed by atoms with Crippen LogP contribution >= 0.6 is 0 Å². The highest BCUT2D eigenvalue weighted by Gasteiger charge is 2.20. The van der Waals surface area contributed by atoms with Gasteiger partial charge >= 0.3 is 6.09 Å². The number of hydrogen-bond acceptors (Lipinski definition) is 5. The van der Waals surface area contributed by atoms with Gasteiger partial charge in [0, 0.05) is 0 Å². The third-order valence-corrected chi connectivity index (χ3v) is 2.62. The molecular weight excluding hydrogens is 286 g/mol. The standard InChI is InChI=1S/C16H23NO5/c1-5-21-12-8-6-7-11(9-12)10-13(14(18)19)17-15(20)22-16(2,3)4/h6-9,13H,5,10H2,1-4H3,(H,17,20)(H,18,19)/p-1. The Morgan fingerprint density at radius 2 is 2.00 bits per heavy atom. The van der Waals surface area contributed by atoms with Gasteiger partial charge in [-0.3, -0.25) is 0 Å². The van der Waals surface area contributed by atoms with Crippen molar-refractivity contribution in [3.8, 4) is 5.75 Å². The van der Waals surface area contributed by atoms with Crippen molar-refractivity contribution < 1.29 is 24.2 Å². The molecule has 6 heteroatoms. The Balaban J connectivity index is 2.74. The maximum Gasteiger partial charge on any atom is 0.408 e. The van der Waals surface area contributed by atoms with Crippen molar-refractivity contribution in [3.05, 3.63) is 29.8 Å². The molecule has 1 amide bonds. The highest BCUT2D eigenvalue weighted by atomic mass is 16.6. The van der Waals surface area contributed by atoms with Crippen LogP contribution in [0.4, 0.5) is 4.79 Å². The lowest BCUT2D eigenvalue weighted by molar-refractivity contribution is -0.308. The molecule has 122 valence electrons. The number of benzene rings is 1. The second kappa shape index (κ2) is 7.68. The summed E-state index contributed by atoms with van der Waals surface area (Å²) in [5, 5.41) is 13.5. The molecule has 0 aliphatic rings. The number of amides is 1. The minimum absolute atomic E-state index is 0.0858. The number of hydrogen-bond donors (Lipinski definition) is 1. The molecule has 1 N–H and O–H groups in total. The van der Waals surface area contributed by atoms with Crippen LogP contribution in [-0.4, -0.2) is 30.3 Å². The maximum absolute atomic E-state index is 11.7. The fourth-order valence-corrected chi connectivity index (χ4v) is 1.81. The van der Waals surface area contributed by atoms with E-state index in [1.807, 2.05) is 6.92 Å². The summed E-state index contributed by atoms with van der Waals surface area (Å²) < 4.78 is 10.4. The first-order chi connectivity index (χ1) is 10.2. The Morgan fingerprint density at radius 3 is 2.55 bits per heavy atom. The molecule has 0 aliphatic carbocycles. The van der Waals surface area contributed by atoms with Crippen LogP contribution in [0.1, 0.15) is 33.3 Å². The summed E-state index contributed by atoms with van der Waals surface area (Å²) >= 11 is 0. The second-order valence-electron chi connectivity index (χ2n) is 5.80. The van der Waals surface area contributed by atoms with Crippen molar-refractivity contribution in [2.75, 3.05) is 6.61 Å². The first-order valence-electron chi connectivity index (χ1n) is 7.13. The topological polar surface area (TPSA) is 87.7 Å². The molecule has 1 rings (SSSR count). The van der Waals surface area contributed by atoms with Gasteiger partial charge in [-0.15, -0.1) is 0 Å². The fourth-order valence-electron chi connectivity index (χ4n) is 1.81. The highest BCUT2D eigenvalue weighted by Crippen LogP contribution is 2.15. The molecule has 0 bridgehead atoms. The van der Waals surface area contributed by atoms with Crippen LogP contribution in [-0.2, 0) is 16.0 Å². The average Bonchev–Trinajstić information content (AvgIpc) is 2.36. The van der Waals surface area contributed by atoms with Crippen LogP contribution in [0.3, 0.4) is 0 Å². The van der Waals surface area contributed by atoms with Crippen LogP contribution in [0.5, 0.6) is 5.75 Å². The number of carboxylic acids is 1. The van der Waals surface area contributed by atoms with Gasteiger partial charge in [-0.25, -0.2) is 4.79 Å². The lowest BCUT2D eigenvalue weighted by Gasteiger charge is -2.24. The molecule has 1 aromatic carbocycles. The number of rotatable bonds is 6. The third kappa shape index (κ3) is 6.47. The van der Waals surface area contributed by atoms with Crippen molar-refractivity contribution in [2.45, 2.75) is 45.8 Å². The van der Waals surface area contributed by atoms with Crippen molar-refractivity contribution in [1.82, 2.24) is 5.32 Å². The summed E-state index contributed by atoms with van der Waals surface area (Å²) in [4.78, 5) is 22.9. The van der Waals surface area contributed by atoms with Gasteiger partial charge in [-0.2, -0.15) is 0 Å². The Morgan fingerprint density at radius 1 is 1.32 bits per heavy atom. The van der Waals surface area contributed by atoms with Crippen LogP contribution in [0.2, 0.25) is 0 Å². The number of carboxylic acid groups (broad SMARTS) is 1. The number of carbonyl (C=O) groups excluding carboxylic acids is 2. The van der Waals surface area contributed by atoms with Gasteiger partial charge in [0.25, 0.3) is 0 Å². The van der Waals surface area contributed by atoms with E-state index in [1.165, 1.54) is 0 Å². The van der Waals surface area contributed by atoms with Gasteiger partial charge in [0.15, 0.2) is 0 Å². The monoisotopic (exact) mass is 308 g/mol. The van der Waals surface area contributed by atoms with E-state index in [2.05, 4.69) is 5.32 Å². The van der Waals surface area contributed by atoms with E-state index in [4.69, 9.17) is 9.47 Å². The summed E-state index contributed by atoms with van der Waals surface area (Å²) in [7, 11) is 0. The molecule has 0 radical (unpaired) electrons. The summed E-state index contributed by atoms with van der Waals surface area (Å²) in [6.45, 7) is 7.48. The second-order valence-corrected chi connectivity index (χ2v) is 5.80. The van der Waals surface area contributed by atoms with E-state index in [0.717, 1.165) is 5.56 Å². The molecule has 0 aromatic heterocycles. The van der Waals surface area contributed by atoms with Crippen LogP contribution in [0, 0.1) is 0 Å². The Bertz CT molecular complexity index is 522. The van der Waals surface area contributed by atoms with Crippen molar-refractivity contribution in [1.29, 1.82) is 0 Å². The predicted molar refractivity (Wildman–Crippen MR) is 79.5 cm³/mol. The first kappa shape index (κ1) is 17.8. The predicted octanol–water partition coefficient (Wildman–Crippen LogP) is 1.27. The minimum Gasteiger partial charge on any atom is -0.548 e. The van der Waals surface area contributed by atoms with Gasteiger partial charge in [-0.05, 0) is 51.8 Å². The van der Waals surface area contributed by atoms with Gasteiger partial charge < -0.3 is 24.7 Å². The molecule has 0 aliphatic heterocycles. The van der Waals surface area contributed by atoms with E-state index in [1.54, 1.807) is 45.0 Å². The SMILES string of the molecule is CCOc1cccc(CC(NC(=O)OC(C)(C)C)C(=O)[O-])c1. The number of ether oxygens (including phenoxy) is 2. The zero-order valence-corrected chi connectivity index (χ0v) is 13.3. The molecule has 0 saturated carbocycles. The summed E-state index contributed by atoms with van der Waals surface area (Å²) in [6, 6.07) is 5.86. The lowest BCUT2D eigenvalue weighted by atomic mass is 10.1. The summed E-state index contributed by atoms with van der Waals surface area (Å²) in [6.07, 6.45) is -0.703. The van der Waals surface area contributed by atoms with E-state index in [0.29, 0.717) is 12.4 Å².